The zero-order chi connectivity index (χ0) is 22.3. The van der Waals surface area contributed by atoms with Crippen LogP contribution < -0.4 is 5.32 Å². The number of carbonyl (C=O) groups is 1. The molecule has 31 heavy (non-hydrogen) atoms. The maximum Gasteiger partial charge on any atom is 0.317 e. The first-order valence-electron chi connectivity index (χ1n) is 11.4. The Balaban J connectivity index is 1.54. The number of benzene rings is 1. The Morgan fingerprint density at radius 3 is 2.19 bits per heavy atom. The van der Waals surface area contributed by atoms with Crippen LogP contribution in [0.15, 0.2) is 35.2 Å². The molecule has 0 saturated carbocycles. The Hall–Kier alpha value is -1.68. The third kappa shape index (κ3) is 5.97. The number of nitrogens with zero attached hydrogens (tertiary/aromatic N) is 3. The van der Waals surface area contributed by atoms with E-state index in [1.807, 2.05) is 0 Å². The molecular weight excluding hydrogens is 416 g/mol. The van der Waals surface area contributed by atoms with Crippen molar-refractivity contribution in [1.29, 1.82) is 0 Å². The lowest BCUT2D eigenvalue weighted by Gasteiger charge is -2.39. The molecule has 1 N–H and O–H groups in total. The summed E-state index contributed by atoms with van der Waals surface area (Å²) in [4.78, 5) is 17.3. The van der Waals surface area contributed by atoms with E-state index in [2.05, 4.69) is 24.1 Å². The summed E-state index contributed by atoms with van der Waals surface area (Å²) in [5, 5.41) is 3.12. The van der Waals surface area contributed by atoms with Gasteiger partial charge in [-0.3, -0.25) is 4.90 Å². The summed E-state index contributed by atoms with van der Waals surface area (Å²) in [5.74, 6) is 0.520. The van der Waals surface area contributed by atoms with Gasteiger partial charge in [-0.15, -0.1) is 0 Å². The molecule has 2 aliphatic heterocycles. The van der Waals surface area contributed by atoms with E-state index in [0.717, 1.165) is 39.1 Å². The highest BCUT2D eigenvalue weighted by molar-refractivity contribution is 7.89. The molecule has 0 bridgehead atoms. The highest BCUT2D eigenvalue weighted by atomic mass is 32.2. The summed E-state index contributed by atoms with van der Waals surface area (Å²) in [6.45, 7) is 9.69. The van der Waals surface area contributed by atoms with E-state index in [4.69, 9.17) is 4.74 Å². The van der Waals surface area contributed by atoms with Crippen LogP contribution in [0, 0.1) is 5.92 Å². The van der Waals surface area contributed by atoms with E-state index in [1.54, 1.807) is 35.2 Å². The van der Waals surface area contributed by atoms with Gasteiger partial charge in [0.1, 0.15) is 0 Å². The van der Waals surface area contributed by atoms with Gasteiger partial charge >= 0.3 is 6.03 Å². The van der Waals surface area contributed by atoms with E-state index in [0.29, 0.717) is 49.6 Å². The van der Waals surface area contributed by atoms with Crippen LogP contribution in [0.1, 0.15) is 26.7 Å². The second-order valence-corrected chi connectivity index (χ2v) is 10.1. The predicted octanol–water partition coefficient (Wildman–Crippen LogP) is 1.84. The number of nitrogens with one attached hydrogen (secondary N) is 1. The molecule has 2 aliphatic rings. The highest BCUT2D eigenvalue weighted by Crippen LogP contribution is 2.20. The number of carbonyl (C=O) groups excluding carboxylic acids is 1. The second kappa shape index (κ2) is 11.3. The summed E-state index contributed by atoms with van der Waals surface area (Å²) < 4.78 is 32.5. The van der Waals surface area contributed by atoms with Crippen LogP contribution in [0.3, 0.4) is 0 Å². The van der Waals surface area contributed by atoms with Crippen LogP contribution in [-0.2, 0) is 14.8 Å². The van der Waals surface area contributed by atoms with Gasteiger partial charge in [0.15, 0.2) is 0 Å². The Kier molecular flexibility index (Phi) is 8.71. The van der Waals surface area contributed by atoms with Gasteiger partial charge in [-0.2, -0.15) is 4.31 Å². The molecule has 3 rings (SSSR count). The monoisotopic (exact) mass is 452 g/mol. The minimum Gasteiger partial charge on any atom is -0.379 e. The Bertz CT molecular complexity index is 787. The molecule has 1 aromatic carbocycles. The summed E-state index contributed by atoms with van der Waals surface area (Å²) in [6.07, 6.45) is 2.15. The van der Waals surface area contributed by atoms with Crippen LogP contribution >= 0.6 is 0 Å². The van der Waals surface area contributed by atoms with Crippen LogP contribution in [0.5, 0.6) is 0 Å². The normalized spacial score (nSPS) is 20.0. The van der Waals surface area contributed by atoms with Gasteiger partial charge in [0.2, 0.25) is 10.0 Å². The van der Waals surface area contributed by atoms with Crippen LogP contribution in [0.25, 0.3) is 0 Å². The number of rotatable bonds is 8. The van der Waals surface area contributed by atoms with Crippen molar-refractivity contribution in [2.75, 3.05) is 59.0 Å². The number of piperazine rings is 1. The lowest BCUT2D eigenvalue weighted by Crippen LogP contribution is -2.56. The topological polar surface area (TPSA) is 82.2 Å². The van der Waals surface area contributed by atoms with Crippen molar-refractivity contribution >= 4 is 16.1 Å². The van der Waals surface area contributed by atoms with Crippen molar-refractivity contribution in [2.45, 2.75) is 37.6 Å². The molecule has 0 spiro atoms. The predicted molar refractivity (Wildman–Crippen MR) is 120 cm³/mol. The van der Waals surface area contributed by atoms with Crippen molar-refractivity contribution in [1.82, 2.24) is 19.4 Å². The lowest BCUT2D eigenvalue weighted by atomic mass is 9.92. The number of hydrogen-bond donors (Lipinski definition) is 1. The molecule has 1 aromatic rings. The van der Waals surface area contributed by atoms with Crippen LogP contribution in [-0.4, -0.2) is 93.6 Å². The van der Waals surface area contributed by atoms with Crippen molar-refractivity contribution in [3.05, 3.63) is 30.3 Å². The van der Waals surface area contributed by atoms with Crippen molar-refractivity contribution in [3.63, 3.8) is 0 Å². The maximum absolute atomic E-state index is 12.8. The van der Waals surface area contributed by atoms with Gasteiger partial charge in [-0.25, -0.2) is 13.2 Å². The number of amides is 2. The summed E-state index contributed by atoms with van der Waals surface area (Å²) in [5.41, 5.74) is 0. The van der Waals surface area contributed by atoms with Gasteiger partial charge in [0.25, 0.3) is 0 Å². The zero-order valence-corrected chi connectivity index (χ0v) is 19.5. The number of urea groups is 1. The van der Waals surface area contributed by atoms with Crippen molar-refractivity contribution in [3.8, 4) is 0 Å². The molecule has 8 nitrogen and oxygen atoms in total. The molecule has 0 aromatic heterocycles. The SMILES string of the molecule is CCC(CC)C(CNC(=O)N1CCN(S(=O)(=O)c2ccccc2)CC1)N1CCOCC1. The van der Waals surface area contributed by atoms with Gasteiger partial charge in [0.05, 0.1) is 18.1 Å². The lowest BCUT2D eigenvalue weighted by molar-refractivity contribution is 0.00205. The molecule has 2 saturated heterocycles. The standard InChI is InChI=1S/C22H36N4O4S/c1-3-19(4-2)21(24-14-16-30-17-15-24)18-23-22(27)25-10-12-26(13-11-25)31(28,29)20-8-6-5-7-9-20/h5-9,19,21H,3-4,10-18H2,1-2H3,(H,23,27). The van der Waals surface area contributed by atoms with Crippen LogP contribution in [0.4, 0.5) is 4.79 Å². The van der Waals surface area contributed by atoms with Gasteiger partial charge in [-0.1, -0.05) is 44.9 Å². The smallest absolute Gasteiger partial charge is 0.317 e. The molecule has 9 heteroatoms. The number of sulfonamides is 1. The van der Waals surface area contributed by atoms with E-state index < -0.39 is 10.0 Å². The fourth-order valence-electron chi connectivity index (χ4n) is 4.51. The molecule has 1 unspecified atom stereocenters. The van der Waals surface area contributed by atoms with Crippen LogP contribution in [0.2, 0.25) is 0 Å². The summed E-state index contributed by atoms with van der Waals surface area (Å²) in [7, 11) is -3.51. The van der Waals surface area contributed by atoms with Gasteiger partial charge < -0.3 is 15.0 Å². The largest absolute Gasteiger partial charge is 0.379 e. The van der Waals surface area contributed by atoms with Crippen molar-refractivity contribution < 1.29 is 17.9 Å². The first kappa shape index (κ1) is 24.0. The molecule has 0 aliphatic carbocycles. The summed E-state index contributed by atoms with van der Waals surface area (Å²) >= 11 is 0. The Labute approximate surface area is 186 Å². The van der Waals surface area contributed by atoms with Gasteiger partial charge in [0, 0.05) is 51.9 Å². The molecule has 2 fully saturated rings. The van der Waals surface area contributed by atoms with E-state index >= 15 is 0 Å². The second-order valence-electron chi connectivity index (χ2n) is 8.18. The van der Waals surface area contributed by atoms with Gasteiger partial charge in [-0.05, 0) is 18.1 Å². The molecule has 0 radical (unpaired) electrons. The van der Waals surface area contributed by atoms with E-state index in [9.17, 15) is 13.2 Å². The minimum atomic E-state index is -3.51. The third-order valence-corrected chi connectivity index (χ3v) is 8.39. The first-order chi connectivity index (χ1) is 15.0. The average molecular weight is 453 g/mol. The molecule has 2 heterocycles. The Morgan fingerprint density at radius 1 is 1.00 bits per heavy atom. The minimum absolute atomic E-state index is 0.110. The van der Waals surface area contributed by atoms with E-state index in [-0.39, 0.29) is 6.03 Å². The third-order valence-electron chi connectivity index (χ3n) is 6.48. The fourth-order valence-corrected chi connectivity index (χ4v) is 5.96. The average Bonchev–Trinajstić information content (AvgIpc) is 2.82. The Morgan fingerprint density at radius 2 is 1.61 bits per heavy atom. The number of morpholine rings is 1. The molecule has 1 atom stereocenters. The first-order valence-corrected chi connectivity index (χ1v) is 12.8. The maximum atomic E-state index is 12.8. The summed E-state index contributed by atoms with van der Waals surface area (Å²) in [6, 6.07) is 8.65. The molecule has 2 amide bonds. The zero-order valence-electron chi connectivity index (χ0n) is 18.7. The van der Waals surface area contributed by atoms with Crippen molar-refractivity contribution in [2.24, 2.45) is 5.92 Å². The number of hydrogen-bond acceptors (Lipinski definition) is 5. The highest BCUT2D eigenvalue weighted by Gasteiger charge is 2.31. The number of ether oxygens (including phenoxy) is 1. The van der Waals surface area contributed by atoms with E-state index in [1.165, 1.54) is 4.31 Å². The quantitative estimate of drug-likeness (QED) is 0.651. The molecular formula is C22H36N4O4S. The molecule has 174 valence electrons. The fraction of sp³-hybridized carbons (Fsp3) is 0.682.